The number of benzene rings is 1. The standard InChI is InChI=1S/C12H15Cl2NO2/c1-12(2,15-7-11(16)17-3)8-4-5-9(13)10(14)6-8/h4-6,15H,7H2,1-3H3. The Morgan fingerprint density at radius 1 is 1.35 bits per heavy atom. The number of methoxy groups -OCH3 is 1. The van der Waals surface area contributed by atoms with Gasteiger partial charge in [-0.25, -0.2) is 0 Å². The van der Waals surface area contributed by atoms with Gasteiger partial charge in [-0.1, -0.05) is 29.3 Å². The van der Waals surface area contributed by atoms with E-state index in [1.807, 2.05) is 19.9 Å². The van der Waals surface area contributed by atoms with Crippen LogP contribution in [0, 0.1) is 0 Å². The first-order chi connectivity index (χ1) is 7.86. The monoisotopic (exact) mass is 275 g/mol. The lowest BCUT2D eigenvalue weighted by atomic mass is 9.94. The molecule has 17 heavy (non-hydrogen) atoms. The third-order valence-corrected chi connectivity index (χ3v) is 3.28. The van der Waals surface area contributed by atoms with Crippen LogP contribution in [0.2, 0.25) is 10.0 Å². The van der Waals surface area contributed by atoms with E-state index in [1.54, 1.807) is 12.1 Å². The smallest absolute Gasteiger partial charge is 0.319 e. The van der Waals surface area contributed by atoms with Gasteiger partial charge in [-0.3, -0.25) is 10.1 Å². The van der Waals surface area contributed by atoms with Gasteiger partial charge in [0.15, 0.2) is 0 Å². The summed E-state index contributed by atoms with van der Waals surface area (Å²) in [6.45, 7) is 4.05. The molecule has 0 atom stereocenters. The van der Waals surface area contributed by atoms with Gasteiger partial charge in [0.1, 0.15) is 0 Å². The number of halogens is 2. The second-order valence-corrected chi connectivity index (χ2v) is 5.00. The van der Waals surface area contributed by atoms with Crippen LogP contribution < -0.4 is 5.32 Å². The molecule has 0 heterocycles. The maximum atomic E-state index is 11.1. The fourth-order valence-corrected chi connectivity index (χ4v) is 1.65. The zero-order chi connectivity index (χ0) is 13.1. The number of hydrogen-bond donors (Lipinski definition) is 1. The van der Waals surface area contributed by atoms with Crippen LogP contribution in [0.3, 0.4) is 0 Å². The van der Waals surface area contributed by atoms with Crippen molar-refractivity contribution in [2.75, 3.05) is 13.7 Å². The maximum absolute atomic E-state index is 11.1. The molecule has 3 nitrogen and oxygen atoms in total. The Labute approximate surface area is 111 Å². The molecule has 0 radical (unpaired) electrons. The van der Waals surface area contributed by atoms with Crippen LogP contribution in [-0.4, -0.2) is 19.6 Å². The van der Waals surface area contributed by atoms with Crippen molar-refractivity contribution in [3.63, 3.8) is 0 Å². The Kier molecular flexibility index (Phi) is 4.80. The molecular formula is C12H15Cl2NO2. The summed E-state index contributed by atoms with van der Waals surface area (Å²) in [5, 5.41) is 4.11. The van der Waals surface area contributed by atoms with Crippen molar-refractivity contribution in [2.24, 2.45) is 0 Å². The van der Waals surface area contributed by atoms with Gasteiger partial charge in [0, 0.05) is 5.54 Å². The van der Waals surface area contributed by atoms with Crippen LogP contribution in [0.25, 0.3) is 0 Å². The summed E-state index contributed by atoms with van der Waals surface area (Å²) in [5.74, 6) is -0.307. The fraction of sp³-hybridized carbons (Fsp3) is 0.417. The van der Waals surface area contributed by atoms with E-state index in [9.17, 15) is 4.79 Å². The summed E-state index contributed by atoms with van der Waals surface area (Å²) in [7, 11) is 1.36. The fourth-order valence-electron chi connectivity index (χ4n) is 1.35. The highest BCUT2D eigenvalue weighted by atomic mass is 35.5. The van der Waals surface area contributed by atoms with E-state index in [4.69, 9.17) is 23.2 Å². The Bertz CT molecular complexity index is 419. The van der Waals surface area contributed by atoms with Gasteiger partial charge in [-0.2, -0.15) is 0 Å². The molecule has 1 rings (SSSR count). The average Bonchev–Trinajstić information content (AvgIpc) is 2.29. The summed E-state index contributed by atoms with van der Waals surface area (Å²) in [6, 6.07) is 5.40. The summed E-state index contributed by atoms with van der Waals surface area (Å²) in [6.07, 6.45) is 0. The zero-order valence-electron chi connectivity index (χ0n) is 10.0. The van der Waals surface area contributed by atoms with Gasteiger partial charge in [-0.05, 0) is 31.5 Å². The van der Waals surface area contributed by atoms with Gasteiger partial charge in [0.2, 0.25) is 0 Å². The maximum Gasteiger partial charge on any atom is 0.319 e. The molecule has 0 bridgehead atoms. The molecule has 0 saturated heterocycles. The van der Waals surface area contributed by atoms with Crippen LogP contribution >= 0.6 is 23.2 Å². The third-order valence-electron chi connectivity index (χ3n) is 2.54. The first kappa shape index (κ1) is 14.3. The predicted octanol–water partition coefficient (Wildman–Crippen LogP) is 2.99. The van der Waals surface area contributed by atoms with E-state index in [0.717, 1.165) is 5.56 Å². The van der Waals surface area contributed by atoms with E-state index in [2.05, 4.69) is 10.1 Å². The predicted molar refractivity (Wildman–Crippen MR) is 69.5 cm³/mol. The van der Waals surface area contributed by atoms with Crippen LogP contribution in [-0.2, 0) is 15.1 Å². The molecule has 0 aliphatic carbocycles. The van der Waals surface area contributed by atoms with Gasteiger partial charge >= 0.3 is 5.97 Å². The molecule has 0 aliphatic rings. The average molecular weight is 276 g/mol. The molecule has 1 aromatic rings. The molecule has 1 N–H and O–H groups in total. The van der Waals surface area contributed by atoms with Crippen molar-refractivity contribution in [1.82, 2.24) is 5.32 Å². The molecule has 0 fully saturated rings. The molecule has 5 heteroatoms. The van der Waals surface area contributed by atoms with Crippen LogP contribution in [0.4, 0.5) is 0 Å². The first-order valence-corrected chi connectivity index (χ1v) is 5.90. The quantitative estimate of drug-likeness (QED) is 0.859. The molecule has 0 aliphatic heterocycles. The minimum absolute atomic E-state index is 0.143. The molecule has 0 spiro atoms. The van der Waals surface area contributed by atoms with Gasteiger partial charge < -0.3 is 4.74 Å². The highest BCUT2D eigenvalue weighted by Crippen LogP contribution is 2.28. The second-order valence-electron chi connectivity index (χ2n) is 4.18. The van der Waals surface area contributed by atoms with Crippen molar-refractivity contribution < 1.29 is 9.53 Å². The van der Waals surface area contributed by atoms with E-state index in [-0.39, 0.29) is 18.1 Å². The number of esters is 1. The highest BCUT2D eigenvalue weighted by molar-refractivity contribution is 6.42. The second kappa shape index (κ2) is 5.71. The topological polar surface area (TPSA) is 38.3 Å². The van der Waals surface area contributed by atoms with E-state index in [1.165, 1.54) is 7.11 Å². The van der Waals surface area contributed by atoms with Crippen LogP contribution in [0.15, 0.2) is 18.2 Å². The molecular weight excluding hydrogens is 261 g/mol. The normalized spacial score (nSPS) is 11.4. The van der Waals surface area contributed by atoms with E-state index >= 15 is 0 Å². The highest BCUT2D eigenvalue weighted by Gasteiger charge is 2.21. The summed E-state index contributed by atoms with van der Waals surface area (Å²) in [4.78, 5) is 11.1. The van der Waals surface area contributed by atoms with E-state index in [0.29, 0.717) is 10.0 Å². The van der Waals surface area contributed by atoms with Crippen molar-refractivity contribution in [3.8, 4) is 0 Å². The molecule has 0 amide bonds. The minimum Gasteiger partial charge on any atom is -0.468 e. The number of ether oxygens (including phenoxy) is 1. The zero-order valence-corrected chi connectivity index (χ0v) is 11.5. The summed E-state index contributed by atoms with van der Waals surface area (Å²) in [5.41, 5.74) is 0.568. The molecule has 94 valence electrons. The molecule has 0 saturated carbocycles. The van der Waals surface area contributed by atoms with Gasteiger partial charge in [0.25, 0.3) is 0 Å². The van der Waals surface area contributed by atoms with Crippen molar-refractivity contribution in [2.45, 2.75) is 19.4 Å². The molecule has 0 unspecified atom stereocenters. The van der Waals surface area contributed by atoms with Crippen molar-refractivity contribution in [1.29, 1.82) is 0 Å². The number of carbonyl (C=O) groups excluding carboxylic acids is 1. The Balaban J connectivity index is 2.81. The number of carbonyl (C=O) groups is 1. The Hall–Kier alpha value is -0.770. The van der Waals surface area contributed by atoms with Gasteiger partial charge in [-0.15, -0.1) is 0 Å². The minimum atomic E-state index is -0.386. The number of hydrogen-bond acceptors (Lipinski definition) is 3. The lowest BCUT2D eigenvalue weighted by Crippen LogP contribution is -2.40. The Morgan fingerprint density at radius 3 is 2.53 bits per heavy atom. The first-order valence-electron chi connectivity index (χ1n) is 5.14. The van der Waals surface area contributed by atoms with Crippen molar-refractivity contribution in [3.05, 3.63) is 33.8 Å². The number of rotatable bonds is 4. The number of nitrogens with one attached hydrogen (secondary N) is 1. The van der Waals surface area contributed by atoms with E-state index < -0.39 is 0 Å². The molecule has 1 aromatic carbocycles. The SMILES string of the molecule is COC(=O)CNC(C)(C)c1ccc(Cl)c(Cl)c1. The largest absolute Gasteiger partial charge is 0.468 e. The van der Waals surface area contributed by atoms with Crippen LogP contribution in [0.5, 0.6) is 0 Å². The lowest BCUT2D eigenvalue weighted by molar-refractivity contribution is -0.139. The van der Waals surface area contributed by atoms with Gasteiger partial charge in [0.05, 0.1) is 23.7 Å². The van der Waals surface area contributed by atoms with Crippen LogP contribution in [0.1, 0.15) is 19.4 Å². The van der Waals surface area contributed by atoms with Crippen molar-refractivity contribution >= 4 is 29.2 Å². The summed E-state index contributed by atoms with van der Waals surface area (Å²) >= 11 is 11.8. The lowest BCUT2D eigenvalue weighted by Gasteiger charge is -2.26. The Morgan fingerprint density at radius 2 is 2.00 bits per heavy atom. The molecule has 0 aromatic heterocycles. The summed E-state index contributed by atoms with van der Waals surface area (Å²) < 4.78 is 4.58. The third kappa shape index (κ3) is 3.87.